The van der Waals surface area contributed by atoms with Crippen LogP contribution in [-0.4, -0.2) is 33.1 Å². The van der Waals surface area contributed by atoms with Crippen molar-refractivity contribution in [3.8, 4) is 0 Å². The summed E-state index contributed by atoms with van der Waals surface area (Å²) in [6, 6.07) is 17.7. The Morgan fingerprint density at radius 1 is 1.06 bits per heavy atom. The number of benzene rings is 2. The minimum Gasteiger partial charge on any atom is -0.360 e. The lowest BCUT2D eigenvalue weighted by Crippen LogP contribution is -2.30. The predicted octanol–water partition coefficient (Wildman–Crippen LogP) is 3.72. The quantitative estimate of drug-likeness (QED) is 0.404. The molecule has 1 aliphatic heterocycles. The summed E-state index contributed by atoms with van der Waals surface area (Å²) in [6.45, 7) is 0.618. The number of aromatic amines is 1. The number of fused-ring (bicyclic) bond motifs is 2. The van der Waals surface area contributed by atoms with Gasteiger partial charge in [0.25, 0.3) is 5.91 Å². The van der Waals surface area contributed by atoms with Gasteiger partial charge in [-0.05, 0) is 18.1 Å². The molecule has 4 aromatic rings. The molecule has 0 radical (unpaired) electrons. The molecule has 0 fully saturated rings. The number of thioether (sulfide) groups is 1. The van der Waals surface area contributed by atoms with E-state index in [1.54, 1.807) is 22.6 Å². The first-order chi connectivity index (χ1) is 15.7. The van der Waals surface area contributed by atoms with Gasteiger partial charge in [-0.2, -0.15) is 16.9 Å². The van der Waals surface area contributed by atoms with Gasteiger partial charge < -0.3 is 15.6 Å². The number of rotatable bonds is 7. The van der Waals surface area contributed by atoms with Crippen LogP contribution in [0.3, 0.4) is 0 Å². The van der Waals surface area contributed by atoms with Gasteiger partial charge in [0, 0.05) is 40.7 Å². The highest BCUT2D eigenvalue weighted by Crippen LogP contribution is 2.35. The third-order valence-electron chi connectivity index (χ3n) is 5.56. The van der Waals surface area contributed by atoms with Gasteiger partial charge in [0.15, 0.2) is 0 Å². The van der Waals surface area contributed by atoms with Crippen LogP contribution in [0.25, 0.3) is 10.9 Å². The van der Waals surface area contributed by atoms with Gasteiger partial charge in [0.2, 0.25) is 5.91 Å². The molecule has 8 heteroatoms. The van der Waals surface area contributed by atoms with E-state index in [0.717, 1.165) is 40.1 Å². The number of H-pyrrole nitrogens is 1. The van der Waals surface area contributed by atoms with Gasteiger partial charge in [-0.15, -0.1) is 0 Å². The molecule has 0 unspecified atom stereocenters. The van der Waals surface area contributed by atoms with Gasteiger partial charge in [-0.3, -0.25) is 9.59 Å². The van der Waals surface area contributed by atoms with Gasteiger partial charge in [0.1, 0.15) is 12.4 Å². The summed E-state index contributed by atoms with van der Waals surface area (Å²) in [7, 11) is 0. The first-order valence-electron chi connectivity index (χ1n) is 10.5. The number of hydrogen-bond acceptors (Lipinski definition) is 4. The zero-order valence-electron chi connectivity index (χ0n) is 17.4. The third-order valence-corrected chi connectivity index (χ3v) is 6.53. The van der Waals surface area contributed by atoms with Crippen LogP contribution in [0.2, 0.25) is 0 Å². The molecule has 3 N–H and O–H groups in total. The molecule has 0 saturated heterocycles. The maximum Gasteiger partial charge on any atom is 0.258 e. The minimum atomic E-state index is -0.215. The Balaban J connectivity index is 1.30. The fraction of sp³-hybridized carbons (Fsp3) is 0.208. The molecule has 0 bridgehead atoms. The monoisotopic (exact) mass is 445 g/mol. The van der Waals surface area contributed by atoms with E-state index in [9.17, 15) is 9.59 Å². The highest BCUT2D eigenvalue weighted by molar-refractivity contribution is 7.98. The van der Waals surface area contributed by atoms with E-state index in [2.05, 4.69) is 20.7 Å². The van der Waals surface area contributed by atoms with E-state index in [1.807, 2.05) is 54.6 Å². The van der Waals surface area contributed by atoms with Crippen LogP contribution in [0.1, 0.15) is 27.2 Å². The molecule has 2 aromatic carbocycles. The molecular weight excluding hydrogens is 422 g/mol. The van der Waals surface area contributed by atoms with E-state index >= 15 is 0 Å². The Morgan fingerprint density at radius 3 is 2.75 bits per heavy atom. The molecule has 0 spiro atoms. The number of para-hydroxylation sites is 1. The Bertz CT molecular complexity index is 1280. The fourth-order valence-electron chi connectivity index (χ4n) is 3.94. The maximum atomic E-state index is 13.1. The number of nitrogens with zero attached hydrogens (tertiary/aromatic N) is 2. The van der Waals surface area contributed by atoms with E-state index in [0.29, 0.717) is 17.9 Å². The molecule has 3 heterocycles. The van der Waals surface area contributed by atoms with E-state index in [1.165, 1.54) is 5.56 Å². The lowest BCUT2D eigenvalue weighted by Gasteiger charge is -2.11. The maximum absolute atomic E-state index is 13.1. The highest BCUT2D eigenvalue weighted by atomic mass is 32.2. The number of amides is 2. The van der Waals surface area contributed by atoms with E-state index < -0.39 is 0 Å². The largest absolute Gasteiger partial charge is 0.360 e. The SMILES string of the molecule is O=C(Cn1nc2c(c1NC(=O)c1c[nH]c3ccccc13)CSC2)NCCc1ccccc1. The fourth-order valence-corrected chi connectivity index (χ4v) is 4.97. The number of anilines is 1. The first kappa shape index (κ1) is 20.4. The molecule has 0 saturated carbocycles. The molecule has 1 aliphatic rings. The summed E-state index contributed by atoms with van der Waals surface area (Å²) in [4.78, 5) is 28.8. The number of carbonyl (C=O) groups is 2. The van der Waals surface area contributed by atoms with Crippen molar-refractivity contribution in [2.45, 2.75) is 24.5 Å². The second kappa shape index (κ2) is 8.92. The molecule has 5 rings (SSSR count). The first-order valence-corrected chi connectivity index (χ1v) is 11.7. The number of carbonyl (C=O) groups excluding carboxylic acids is 2. The number of aromatic nitrogens is 3. The Morgan fingerprint density at radius 2 is 1.88 bits per heavy atom. The highest BCUT2D eigenvalue weighted by Gasteiger charge is 2.25. The van der Waals surface area contributed by atoms with Crippen LogP contribution in [-0.2, 0) is 29.3 Å². The molecular formula is C24H23N5O2S. The van der Waals surface area contributed by atoms with E-state index in [4.69, 9.17) is 0 Å². The standard InChI is InChI=1S/C24H23N5O2S/c30-22(25-11-10-16-6-2-1-3-7-16)13-29-23(19-14-32-15-21(19)28-29)27-24(31)18-12-26-20-9-5-4-8-17(18)20/h1-9,12,26H,10-11,13-15H2,(H,25,30)(H,27,31). The summed E-state index contributed by atoms with van der Waals surface area (Å²) in [5.41, 5.74) is 4.58. The van der Waals surface area contributed by atoms with Crippen LogP contribution >= 0.6 is 11.8 Å². The van der Waals surface area contributed by atoms with Crippen LogP contribution < -0.4 is 10.6 Å². The predicted molar refractivity (Wildman–Crippen MR) is 127 cm³/mol. The average Bonchev–Trinajstić information content (AvgIpc) is 3.51. The van der Waals surface area contributed by atoms with Crippen LogP contribution in [0.15, 0.2) is 60.8 Å². The van der Waals surface area contributed by atoms with Crippen molar-refractivity contribution in [1.29, 1.82) is 0 Å². The van der Waals surface area contributed by atoms with Crippen molar-refractivity contribution in [3.05, 3.63) is 83.2 Å². The topological polar surface area (TPSA) is 91.8 Å². The molecule has 0 aliphatic carbocycles. The summed E-state index contributed by atoms with van der Waals surface area (Å²) >= 11 is 1.76. The van der Waals surface area contributed by atoms with Gasteiger partial charge in [0.05, 0.1) is 11.3 Å². The summed E-state index contributed by atoms with van der Waals surface area (Å²) in [5.74, 6) is 1.83. The van der Waals surface area contributed by atoms with Crippen molar-refractivity contribution in [3.63, 3.8) is 0 Å². The van der Waals surface area contributed by atoms with Gasteiger partial charge in [-0.1, -0.05) is 48.5 Å². The van der Waals surface area contributed by atoms with Crippen LogP contribution in [0.4, 0.5) is 5.82 Å². The van der Waals surface area contributed by atoms with Gasteiger partial charge >= 0.3 is 0 Å². The number of hydrogen-bond donors (Lipinski definition) is 3. The van der Waals surface area contributed by atoms with Crippen LogP contribution in [0, 0.1) is 0 Å². The Labute approximate surface area is 189 Å². The Hall–Kier alpha value is -3.52. The van der Waals surface area contributed by atoms with E-state index in [-0.39, 0.29) is 18.4 Å². The molecule has 2 aromatic heterocycles. The van der Waals surface area contributed by atoms with Crippen molar-refractivity contribution >= 4 is 40.3 Å². The summed E-state index contributed by atoms with van der Waals surface area (Å²) in [5, 5.41) is 11.4. The van der Waals surface area contributed by atoms with Gasteiger partial charge in [-0.25, -0.2) is 4.68 Å². The summed E-state index contributed by atoms with van der Waals surface area (Å²) < 4.78 is 1.62. The van der Waals surface area contributed by atoms with Crippen molar-refractivity contribution in [2.75, 3.05) is 11.9 Å². The Kier molecular flexibility index (Phi) is 5.68. The average molecular weight is 446 g/mol. The normalized spacial score (nSPS) is 12.6. The lowest BCUT2D eigenvalue weighted by atomic mass is 10.1. The van der Waals surface area contributed by atoms with Crippen molar-refractivity contribution in [1.82, 2.24) is 20.1 Å². The molecule has 2 amide bonds. The number of nitrogens with one attached hydrogen (secondary N) is 3. The minimum absolute atomic E-state index is 0.0654. The third kappa shape index (κ3) is 4.13. The zero-order valence-corrected chi connectivity index (χ0v) is 18.2. The molecule has 162 valence electrons. The van der Waals surface area contributed by atoms with Crippen molar-refractivity contribution < 1.29 is 9.59 Å². The molecule has 32 heavy (non-hydrogen) atoms. The smallest absolute Gasteiger partial charge is 0.258 e. The second-order valence-corrected chi connectivity index (χ2v) is 8.70. The van der Waals surface area contributed by atoms with Crippen LogP contribution in [0.5, 0.6) is 0 Å². The molecule has 7 nitrogen and oxygen atoms in total. The second-order valence-electron chi connectivity index (χ2n) is 7.71. The van der Waals surface area contributed by atoms with Crippen molar-refractivity contribution in [2.24, 2.45) is 0 Å². The summed E-state index contributed by atoms with van der Waals surface area (Å²) in [6.07, 6.45) is 2.48. The molecule has 0 atom stereocenters. The zero-order chi connectivity index (χ0) is 21.9. The lowest BCUT2D eigenvalue weighted by molar-refractivity contribution is -0.121.